The van der Waals surface area contributed by atoms with Crippen LogP contribution >= 0.6 is 0 Å². The molecule has 0 aliphatic rings. The van der Waals surface area contributed by atoms with E-state index in [0.717, 1.165) is 0 Å². The van der Waals surface area contributed by atoms with E-state index in [1.807, 2.05) is 0 Å². The molecule has 1 nitrogen and oxygen atoms in total. The molecule has 1 heterocycles. The van der Waals surface area contributed by atoms with Crippen LogP contribution in [0.4, 0.5) is 0 Å². The summed E-state index contributed by atoms with van der Waals surface area (Å²) in [6, 6.07) is 15.2. The van der Waals surface area contributed by atoms with E-state index >= 15 is 0 Å². The Morgan fingerprint density at radius 1 is 0.850 bits per heavy atom. The Morgan fingerprint density at radius 3 is 2.10 bits per heavy atom. The van der Waals surface area contributed by atoms with Crippen molar-refractivity contribution in [2.75, 3.05) is 0 Å². The van der Waals surface area contributed by atoms with E-state index in [-0.39, 0.29) is 32.7 Å². The van der Waals surface area contributed by atoms with Crippen molar-refractivity contribution in [3.63, 3.8) is 0 Å². The molecule has 1 aromatic heterocycles. The normalized spacial score (nSPS) is 10.6. The van der Waals surface area contributed by atoms with Gasteiger partial charge in [0.2, 0.25) is 0 Å². The van der Waals surface area contributed by atoms with Crippen LogP contribution in [-0.2, 0) is 32.7 Å². The van der Waals surface area contributed by atoms with Crippen LogP contribution in [0.2, 0.25) is 0 Å². The van der Waals surface area contributed by atoms with Crippen molar-refractivity contribution in [3.8, 4) is 11.3 Å². The molecule has 1 radical (unpaired) electrons. The summed E-state index contributed by atoms with van der Waals surface area (Å²) in [5, 5.41) is 1.30. The van der Waals surface area contributed by atoms with Crippen LogP contribution in [0.15, 0.2) is 42.5 Å². The molecule has 3 aromatic rings. The maximum atomic E-state index is 4.21. The summed E-state index contributed by atoms with van der Waals surface area (Å²) in [6.07, 6.45) is 0. The zero-order valence-electron chi connectivity index (χ0n) is 12.3. The number of aryl methyl sites for hydroxylation is 3. The van der Waals surface area contributed by atoms with Crippen LogP contribution in [-0.4, -0.2) is 4.57 Å². The number of rotatable bonds is 1. The molecule has 0 spiro atoms. The molecule has 0 saturated carbocycles. The van der Waals surface area contributed by atoms with Gasteiger partial charge in [0, 0.05) is 32.7 Å². The van der Waals surface area contributed by atoms with Gasteiger partial charge in [0.25, 0.3) is 0 Å². The van der Waals surface area contributed by atoms with E-state index in [1.54, 1.807) is 0 Å². The van der Waals surface area contributed by atoms with Crippen LogP contribution in [0.25, 0.3) is 22.2 Å². The smallest absolute Gasteiger partial charge is 0 e. The first-order chi connectivity index (χ1) is 9.08. The molecule has 0 aliphatic carbocycles. The predicted octanol–water partition coefficient (Wildman–Crippen LogP) is 4.87. The zero-order valence-corrected chi connectivity index (χ0v) is 15.1. The van der Waals surface area contributed by atoms with Gasteiger partial charge in [0.05, 0.1) is 0 Å². The molecule has 0 N–H and O–H groups in total. The monoisotopic (exact) mass is 337 g/mol. The molecule has 0 amide bonds. The third kappa shape index (κ3) is 2.45. The quantitative estimate of drug-likeness (QED) is 0.558. The number of nitrogens with zero attached hydrogens (tertiary/aromatic N) is 1. The van der Waals surface area contributed by atoms with Gasteiger partial charge < -0.3 is 4.57 Å². The number of hydrogen-bond donors (Lipinski definition) is 0. The molecule has 2 heteroatoms. The summed E-state index contributed by atoms with van der Waals surface area (Å²) in [7, 11) is 4.21. The second kappa shape index (κ2) is 5.75. The summed E-state index contributed by atoms with van der Waals surface area (Å²) in [4.78, 5) is 0. The molecule has 20 heavy (non-hydrogen) atoms. The van der Waals surface area contributed by atoms with Gasteiger partial charge in [-0.15, -0.1) is 7.05 Å². The van der Waals surface area contributed by atoms with Crippen LogP contribution in [0.5, 0.6) is 0 Å². The minimum atomic E-state index is 0. The van der Waals surface area contributed by atoms with Crippen LogP contribution < -0.4 is 0 Å². The Labute approximate surface area is 145 Å². The third-order valence-corrected chi connectivity index (χ3v) is 3.80. The SMILES string of the molecule is [CH2-]n1c(-c2ccc(C)cc2)c(C)c2cc(C)ccc21.[Y]. The third-order valence-electron chi connectivity index (χ3n) is 3.80. The fraction of sp³-hybridized carbons (Fsp3) is 0.167. The fourth-order valence-electron chi connectivity index (χ4n) is 2.72. The number of fused-ring (bicyclic) bond motifs is 1. The molecule has 3 rings (SSSR count). The van der Waals surface area contributed by atoms with Gasteiger partial charge in [-0.25, -0.2) is 0 Å². The maximum Gasteiger partial charge on any atom is 0 e. The summed E-state index contributed by atoms with van der Waals surface area (Å²) < 4.78 is 2.05. The van der Waals surface area contributed by atoms with Crippen molar-refractivity contribution in [2.24, 2.45) is 0 Å². The van der Waals surface area contributed by atoms with Gasteiger partial charge in [-0.2, -0.15) is 0 Å². The molecule has 0 fully saturated rings. The molecule has 0 saturated heterocycles. The van der Waals surface area contributed by atoms with Crippen molar-refractivity contribution in [1.29, 1.82) is 0 Å². The van der Waals surface area contributed by atoms with E-state index < -0.39 is 0 Å². The van der Waals surface area contributed by atoms with Gasteiger partial charge in [-0.1, -0.05) is 81.3 Å². The topological polar surface area (TPSA) is 4.93 Å². The van der Waals surface area contributed by atoms with Crippen molar-refractivity contribution in [1.82, 2.24) is 4.57 Å². The van der Waals surface area contributed by atoms with Gasteiger partial charge in [-0.3, -0.25) is 0 Å². The van der Waals surface area contributed by atoms with Gasteiger partial charge in [-0.05, 0) is 20.8 Å². The van der Waals surface area contributed by atoms with E-state index in [9.17, 15) is 0 Å². The first-order valence-electron chi connectivity index (χ1n) is 6.57. The number of aromatic nitrogens is 1. The van der Waals surface area contributed by atoms with Crippen LogP contribution in [0.3, 0.4) is 0 Å². The molecule has 0 unspecified atom stereocenters. The van der Waals surface area contributed by atoms with E-state index in [4.69, 9.17) is 0 Å². The number of benzene rings is 2. The molecule has 0 bridgehead atoms. The Hall–Kier alpha value is -1.05. The predicted molar refractivity (Wildman–Crippen MR) is 82.3 cm³/mol. The van der Waals surface area contributed by atoms with Gasteiger partial charge in [0.15, 0.2) is 0 Å². The molecule has 2 aromatic carbocycles. The standard InChI is InChI=1S/C18H18N.Y/c1-12-5-8-15(9-6-12)18-14(3)16-11-13(2)7-10-17(16)19(18)4;/h5-11H,4H2,1-3H3;/q-1;. The van der Waals surface area contributed by atoms with Crippen molar-refractivity contribution < 1.29 is 32.7 Å². The van der Waals surface area contributed by atoms with Crippen LogP contribution in [0, 0.1) is 27.8 Å². The summed E-state index contributed by atoms with van der Waals surface area (Å²) in [6.45, 7) is 6.42. The summed E-state index contributed by atoms with van der Waals surface area (Å²) in [5.74, 6) is 0. The van der Waals surface area contributed by atoms with Crippen molar-refractivity contribution >= 4 is 10.9 Å². The second-order valence-corrected chi connectivity index (χ2v) is 5.29. The molecular formula is C18H18NY-. The first-order valence-corrected chi connectivity index (χ1v) is 6.57. The first kappa shape index (κ1) is 15.3. The summed E-state index contributed by atoms with van der Waals surface area (Å²) in [5.41, 5.74) is 7.50. The van der Waals surface area contributed by atoms with Crippen molar-refractivity contribution in [2.45, 2.75) is 20.8 Å². The summed E-state index contributed by atoms with van der Waals surface area (Å²) >= 11 is 0. The van der Waals surface area contributed by atoms with E-state index in [0.29, 0.717) is 0 Å². The minimum absolute atomic E-state index is 0. The van der Waals surface area contributed by atoms with Gasteiger partial charge in [0.1, 0.15) is 0 Å². The average Bonchev–Trinajstić information content (AvgIpc) is 2.63. The average molecular weight is 337 g/mol. The zero-order chi connectivity index (χ0) is 13.6. The van der Waals surface area contributed by atoms with E-state index in [2.05, 4.69) is 74.9 Å². The van der Waals surface area contributed by atoms with Crippen LogP contribution in [0.1, 0.15) is 16.7 Å². The molecule has 0 atom stereocenters. The van der Waals surface area contributed by atoms with E-state index in [1.165, 1.54) is 38.9 Å². The number of hydrogen-bond acceptors (Lipinski definition) is 0. The minimum Gasteiger partial charge on any atom is -0.480 e. The molecule has 99 valence electrons. The largest absolute Gasteiger partial charge is 0.480 e. The molecular weight excluding hydrogens is 319 g/mol. The Morgan fingerprint density at radius 2 is 1.45 bits per heavy atom. The molecule has 0 aliphatic heterocycles. The van der Waals surface area contributed by atoms with Crippen molar-refractivity contribution in [3.05, 3.63) is 66.2 Å². The Kier molecular flexibility index (Phi) is 4.41. The second-order valence-electron chi connectivity index (χ2n) is 5.29. The fourth-order valence-corrected chi connectivity index (χ4v) is 2.72. The maximum absolute atomic E-state index is 4.21. The Balaban J connectivity index is 0.00000147. The van der Waals surface area contributed by atoms with Gasteiger partial charge >= 0.3 is 0 Å². The Bertz CT molecular complexity index is 751.